The van der Waals surface area contributed by atoms with E-state index in [-0.39, 0.29) is 28.9 Å². The maximum Gasteiger partial charge on any atom is 0.333 e. The number of hydrogen-bond donors (Lipinski definition) is 3. The maximum atomic E-state index is 13.8. The Labute approximate surface area is 248 Å². The van der Waals surface area contributed by atoms with Gasteiger partial charge in [0.05, 0.1) is 53.2 Å². The summed E-state index contributed by atoms with van der Waals surface area (Å²) in [7, 11) is 0. The van der Waals surface area contributed by atoms with Crippen LogP contribution < -0.4 is 27.5 Å². The zero-order chi connectivity index (χ0) is 30.0. The molecule has 0 spiro atoms. The summed E-state index contributed by atoms with van der Waals surface area (Å²) in [5, 5.41) is 7.99. The van der Waals surface area contributed by atoms with Crippen molar-refractivity contribution in [2.24, 2.45) is 11.6 Å². The number of nitrogens with one attached hydrogen (secondary N) is 1. The predicted octanol–water partition coefficient (Wildman–Crippen LogP) is 5.00. The lowest BCUT2D eigenvalue weighted by atomic mass is 10.0. The number of fused-ring (bicyclic) bond motifs is 4. The summed E-state index contributed by atoms with van der Waals surface area (Å²) in [6.45, 7) is -2.94. The van der Waals surface area contributed by atoms with Crippen LogP contribution in [0.4, 0.5) is 20.2 Å². The fourth-order valence-corrected chi connectivity index (χ4v) is 5.14. The molecule has 1 aromatic carbocycles. The Morgan fingerprint density at radius 3 is 2.71 bits per heavy atom. The van der Waals surface area contributed by atoms with E-state index in [1.165, 1.54) is 40.6 Å². The molecule has 1 unspecified atom stereocenters. The van der Waals surface area contributed by atoms with Crippen molar-refractivity contribution in [1.29, 1.82) is 0 Å². The fraction of sp³-hybridized carbons (Fsp3) is 0.222. The average molecular weight is 616 g/mol. The normalized spacial score (nSPS) is 15.9. The largest absolute Gasteiger partial charge is 0.388 e. The number of halogens is 4. The average Bonchev–Trinajstić information content (AvgIpc) is 3.36. The highest BCUT2D eigenvalue weighted by Gasteiger charge is 2.24. The van der Waals surface area contributed by atoms with Gasteiger partial charge in [-0.1, -0.05) is 29.6 Å². The molecule has 5 rings (SSSR count). The molecule has 1 aliphatic rings. The van der Waals surface area contributed by atoms with Gasteiger partial charge in [-0.2, -0.15) is 13.9 Å². The van der Waals surface area contributed by atoms with Crippen LogP contribution in [0.1, 0.15) is 44.0 Å². The van der Waals surface area contributed by atoms with E-state index < -0.39 is 18.2 Å². The highest BCUT2D eigenvalue weighted by molar-refractivity contribution is 6.31. The van der Waals surface area contributed by atoms with Gasteiger partial charge in [-0.3, -0.25) is 24.1 Å². The molecule has 42 heavy (non-hydrogen) atoms. The number of anilines is 2. The van der Waals surface area contributed by atoms with Crippen molar-refractivity contribution in [3.63, 3.8) is 0 Å². The zero-order valence-corrected chi connectivity index (χ0v) is 23.4. The standard InChI is InChI=1S/C27H25Cl2F2N9O2/c28-16-5-6-21(39(33)13-23(29)32)17(10-16)18-11-25(42)38(14-35-18)22-3-1-2-4-24(41)37-20-12-36-40(27(30)31)26(20)15-7-8-34-19(22)9-15/h5-14,22,27H,1-4,32-33H2,(H,37,41)/b23-13-. The fourth-order valence-electron chi connectivity index (χ4n) is 4.87. The van der Waals surface area contributed by atoms with E-state index in [0.717, 1.165) is 0 Å². The van der Waals surface area contributed by atoms with Gasteiger partial charge in [0.2, 0.25) is 5.91 Å². The molecule has 15 heteroatoms. The summed E-state index contributed by atoms with van der Waals surface area (Å²) in [4.78, 5) is 35.1. The number of hydrogen-bond acceptors (Lipinski definition) is 8. The molecule has 1 amide bonds. The first-order chi connectivity index (χ1) is 20.1. The molecule has 0 fully saturated rings. The summed E-state index contributed by atoms with van der Waals surface area (Å²) in [5.74, 6) is 5.78. The van der Waals surface area contributed by atoms with Crippen LogP contribution in [0.5, 0.6) is 0 Å². The van der Waals surface area contributed by atoms with Gasteiger partial charge in [0.25, 0.3) is 5.56 Å². The van der Waals surface area contributed by atoms with Gasteiger partial charge in [-0.05, 0) is 43.2 Å². The van der Waals surface area contributed by atoms with Crippen molar-refractivity contribution in [2.45, 2.75) is 38.3 Å². The molecule has 5 N–H and O–H groups in total. The van der Waals surface area contributed by atoms with E-state index in [0.29, 0.717) is 57.2 Å². The molecule has 0 radical (unpaired) electrons. The molecule has 0 saturated heterocycles. The number of benzene rings is 1. The van der Waals surface area contributed by atoms with Gasteiger partial charge in [0, 0.05) is 34.8 Å². The lowest BCUT2D eigenvalue weighted by molar-refractivity contribution is -0.116. The Bertz CT molecular complexity index is 1720. The molecule has 1 atom stereocenters. The van der Waals surface area contributed by atoms with E-state index in [1.807, 2.05) is 0 Å². The third kappa shape index (κ3) is 6.12. The number of rotatable bonds is 5. The van der Waals surface area contributed by atoms with Crippen molar-refractivity contribution < 1.29 is 13.6 Å². The first-order valence-corrected chi connectivity index (χ1v) is 13.5. The minimum Gasteiger partial charge on any atom is -0.388 e. The van der Waals surface area contributed by atoms with Crippen LogP contribution in [0.2, 0.25) is 5.02 Å². The van der Waals surface area contributed by atoms with E-state index in [1.54, 1.807) is 30.3 Å². The molecule has 11 nitrogen and oxygen atoms in total. The van der Waals surface area contributed by atoms with Crippen LogP contribution in [0.3, 0.4) is 0 Å². The van der Waals surface area contributed by atoms with E-state index in [9.17, 15) is 18.4 Å². The van der Waals surface area contributed by atoms with Crippen molar-refractivity contribution >= 4 is 40.5 Å². The molecule has 2 bridgehead atoms. The Morgan fingerprint density at radius 1 is 1.17 bits per heavy atom. The van der Waals surface area contributed by atoms with Gasteiger partial charge in [0.15, 0.2) is 0 Å². The second-order valence-corrected chi connectivity index (χ2v) is 10.4. The minimum absolute atomic E-state index is 0.0357. The first-order valence-electron chi connectivity index (χ1n) is 12.8. The van der Waals surface area contributed by atoms with Gasteiger partial charge in [-0.15, -0.1) is 0 Å². The van der Waals surface area contributed by atoms with Crippen LogP contribution in [-0.2, 0) is 4.79 Å². The van der Waals surface area contributed by atoms with E-state index >= 15 is 0 Å². The van der Waals surface area contributed by atoms with Crippen LogP contribution >= 0.6 is 23.2 Å². The third-order valence-electron chi connectivity index (χ3n) is 6.73. The van der Waals surface area contributed by atoms with Crippen LogP contribution in [0.15, 0.2) is 71.3 Å². The molecule has 0 aliphatic carbocycles. The Hall–Kier alpha value is -4.33. The summed E-state index contributed by atoms with van der Waals surface area (Å²) < 4.78 is 29.6. The SMILES string of the molecule is N/C(Cl)=C\N(N)c1ccc(Cl)cc1-c1cc(=O)n(C2CCCCC(=O)Nc3cnn(C(F)F)c3-c3ccnc2c3)cn1. The van der Waals surface area contributed by atoms with Gasteiger partial charge in [-0.25, -0.2) is 15.5 Å². The van der Waals surface area contributed by atoms with Gasteiger partial charge >= 0.3 is 6.55 Å². The number of alkyl halides is 2. The molecule has 218 valence electrons. The number of carbonyl (C=O) groups is 1. The van der Waals surface area contributed by atoms with Crippen molar-refractivity contribution in [3.8, 4) is 22.5 Å². The van der Waals surface area contributed by atoms with Crippen molar-refractivity contribution in [3.05, 3.63) is 87.5 Å². The summed E-state index contributed by atoms with van der Waals surface area (Å²) >= 11 is 12.0. The van der Waals surface area contributed by atoms with Crippen LogP contribution in [0.25, 0.3) is 22.5 Å². The molecule has 4 aromatic rings. The molecule has 1 aliphatic heterocycles. The summed E-state index contributed by atoms with van der Waals surface area (Å²) in [5.41, 5.74) is 7.37. The number of pyridine rings is 1. The molecule has 4 heterocycles. The molecule has 3 aromatic heterocycles. The molecular formula is C27H25Cl2F2N9O2. The van der Waals surface area contributed by atoms with Crippen LogP contribution in [-0.4, -0.2) is 30.2 Å². The lowest BCUT2D eigenvalue weighted by Gasteiger charge is -2.22. The number of amides is 1. The minimum atomic E-state index is -2.94. The zero-order valence-electron chi connectivity index (χ0n) is 21.9. The van der Waals surface area contributed by atoms with Crippen molar-refractivity contribution in [1.82, 2.24) is 24.3 Å². The second kappa shape index (κ2) is 12.3. The molecule has 0 saturated carbocycles. The highest BCUT2D eigenvalue weighted by atomic mass is 35.5. The predicted molar refractivity (Wildman–Crippen MR) is 156 cm³/mol. The Morgan fingerprint density at radius 2 is 1.98 bits per heavy atom. The highest BCUT2D eigenvalue weighted by Crippen LogP contribution is 2.35. The van der Waals surface area contributed by atoms with Crippen molar-refractivity contribution in [2.75, 3.05) is 10.3 Å². The number of aromatic nitrogens is 5. The maximum absolute atomic E-state index is 13.8. The van der Waals surface area contributed by atoms with E-state index in [2.05, 4.69) is 20.4 Å². The second-order valence-electron chi connectivity index (χ2n) is 9.51. The third-order valence-corrected chi connectivity index (χ3v) is 7.06. The van der Waals surface area contributed by atoms with Gasteiger partial charge < -0.3 is 11.1 Å². The summed E-state index contributed by atoms with van der Waals surface area (Å²) in [6, 6.07) is 8.76. The first kappa shape index (κ1) is 29.2. The van der Waals surface area contributed by atoms with E-state index in [4.69, 9.17) is 34.8 Å². The lowest BCUT2D eigenvalue weighted by Crippen LogP contribution is -2.27. The number of hydrazine groups is 1. The number of nitrogens with two attached hydrogens (primary N) is 2. The molecular weight excluding hydrogens is 591 g/mol. The Balaban J connectivity index is 1.59. The van der Waals surface area contributed by atoms with Crippen LogP contribution in [0, 0.1) is 0 Å². The monoisotopic (exact) mass is 615 g/mol. The number of nitrogens with zero attached hydrogens (tertiary/aromatic N) is 6. The quantitative estimate of drug-likeness (QED) is 0.161. The number of carbonyl (C=O) groups excluding carboxylic acids is 1. The summed E-state index contributed by atoms with van der Waals surface area (Å²) in [6.07, 6.45) is 7.02. The topological polar surface area (TPSA) is 150 Å². The smallest absolute Gasteiger partial charge is 0.333 e. The Kier molecular flexibility index (Phi) is 8.52. The van der Waals surface area contributed by atoms with Gasteiger partial charge in [0.1, 0.15) is 5.16 Å².